The van der Waals surface area contributed by atoms with Gasteiger partial charge in [0.1, 0.15) is 0 Å². The summed E-state index contributed by atoms with van der Waals surface area (Å²) in [6.45, 7) is 11.5. The molecule has 0 aliphatic carbocycles. The average Bonchev–Trinajstić information content (AvgIpc) is 3.12. The lowest BCUT2D eigenvalue weighted by atomic mass is 10.2. The van der Waals surface area contributed by atoms with Crippen LogP contribution in [0.15, 0.2) is 4.99 Å². The number of guanidine groups is 1. The van der Waals surface area contributed by atoms with Gasteiger partial charge in [0, 0.05) is 54.0 Å². The van der Waals surface area contributed by atoms with Crippen molar-refractivity contribution in [2.45, 2.75) is 50.8 Å². The number of nitrogens with one attached hydrogen (secondary N) is 1. The second-order valence-corrected chi connectivity index (χ2v) is 9.59. The van der Waals surface area contributed by atoms with Crippen LogP contribution >= 0.6 is 0 Å². The fourth-order valence-corrected chi connectivity index (χ4v) is 4.13. The summed E-state index contributed by atoms with van der Waals surface area (Å²) in [5.41, 5.74) is 0. The second-order valence-electron chi connectivity index (χ2n) is 7.27. The van der Waals surface area contributed by atoms with Gasteiger partial charge in [0.15, 0.2) is 5.96 Å². The number of likely N-dealkylation sites (tertiary alicyclic amines) is 2. The van der Waals surface area contributed by atoms with Gasteiger partial charge >= 0.3 is 0 Å². The van der Waals surface area contributed by atoms with Gasteiger partial charge in [-0.15, -0.1) is 0 Å². The Balaban J connectivity index is 1.77. The van der Waals surface area contributed by atoms with E-state index in [2.05, 4.69) is 20.1 Å². The maximum absolute atomic E-state index is 12.1. The standard InChI is InChI=1S/C16H32N4OS/c1-16(2,3)22(21)12-8-18-15(17-4)20-11-7-14(13-20)19-9-5-6-10-19/h14H,5-13H2,1-4H3,(H,17,18). The molecule has 2 aliphatic rings. The molecule has 22 heavy (non-hydrogen) atoms. The highest BCUT2D eigenvalue weighted by molar-refractivity contribution is 7.86. The summed E-state index contributed by atoms with van der Waals surface area (Å²) in [5.74, 6) is 1.64. The Kier molecular flexibility index (Phi) is 6.26. The lowest BCUT2D eigenvalue weighted by Crippen LogP contribution is -2.44. The van der Waals surface area contributed by atoms with Gasteiger partial charge in [-0.1, -0.05) is 0 Å². The first-order valence-electron chi connectivity index (χ1n) is 8.50. The number of nitrogens with zero attached hydrogens (tertiary/aromatic N) is 3. The summed E-state index contributed by atoms with van der Waals surface area (Å²) in [6, 6.07) is 0.685. The monoisotopic (exact) mass is 328 g/mol. The van der Waals surface area contributed by atoms with E-state index in [9.17, 15) is 4.21 Å². The Morgan fingerprint density at radius 2 is 1.95 bits per heavy atom. The molecule has 2 heterocycles. The molecule has 128 valence electrons. The van der Waals surface area contributed by atoms with Crippen LogP contribution in [-0.4, -0.2) is 76.3 Å². The molecule has 0 amide bonds. The molecule has 0 aromatic rings. The summed E-state index contributed by atoms with van der Waals surface area (Å²) in [5, 5.41) is 3.39. The van der Waals surface area contributed by atoms with E-state index < -0.39 is 10.8 Å². The maximum Gasteiger partial charge on any atom is 0.193 e. The molecule has 1 N–H and O–H groups in total. The summed E-state index contributed by atoms with van der Waals surface area (Å²) in [6.07, 6.45) is 3.93. The van der Waals surface area contributed by atoms with E-state index in [-0.39, 0.29) is 4.75 Å². The Morgan fingerprint density at radius 3 is 2.55 bits per heavy atom. The highest BCUT2D eigenvalue weighted by Crippen LogP contribution is 2.20. The second kappa shape index (κ2) is 7.77. The molecular weight excluding hydrogens is 296 g/mol. The number of hydrogen-bond acceptors (Lipinski definition) is 3. The highest BCUT2D eigenvalue weighted by Gasteiger charge is 2.30. The van der Waals surface area contributed by atoms with Gasteiger partial charge < -0.3 is 10.2 Å². The van der Waals surface area contributed by atoms with E-state index in [0.29, 0.717) is 11.8 Å². The Labute approximate surface area is 138 Å². The van der Waals surface area contributed by atoms with Crippen molar-refractivity contribution in [3.05, 3.63) is 0 Å². The molecule has 0 aromatic heterocycles. The molecule has 6 heteroatoms. The zero-order valence-corrected chi connectivity index (χ0v) is 15.4. The third-order valence-electron chi connectivity index (χ3n) is 4.59. The molecule has 0 aromatic carbocycles. The highest BCUT2D eigenvalue weighted by atomic mass is 32.2. The first kappa shape index (κ1) is 17.7. The van der Waals surface area contributed by atoms with E-state index in [1.54, 1.807) is 0 Å². The number of rotatable bonds is 4. The largest absolute Gasteiger partial charge is 0.355 e. The zero-order valence-electron chi connectivity index (χ0n) is 14.6. The van der Waals surface area contributed by atoms with Crippen LogP contribution in [0.3, 0.4) is 0 Å². The van der Waals surface area contributed by atoms with Crippen molar-refractivity contribution in [3.63, 3.8) is 0 Å². The van der Waals surface area contributed by atoms with E-state index in [1.807, 2.05) is 27.8 Å². The smallest absolute Gasteiger partial charge is 0.193 e. The third kappa shape index (κ3) is 4.69. The van der Waals surface area contributed by atoms with Gasteiger partial charge in [0.05, 0.1) is 0 Å². The van der Waals surface area contributed by atoms with Crippen molar-refractivity contribution < 1.29 is 4.21 Å². The average molecular weight is 329 g/mol. The minimum atomic E-state index is -0.810. The van der Waals surface area contributed by atoms with E-state index in [1.165, 1.54) is 32.4 Å². The van der Waals surface area contributed by atoms with Crippen LogP contribution in [0.2, 0.25) is 0 Å². The van der Waals surface area contributed by atoms with Crippen molar-refractivity contribution in [1.82, 2.24) is 15.1 Å². The summed E-state index contributed by atoms with van der Waals surface area (Å²) in [7, 11) is 1.03. The molecule has 2 aliphatic heterocycles. The zero-order chi connectivity index (χ0) is 16.2. The molecular formula is C16H32N4OS. The van der Waals surface area contributed by atoms with Crippen molar-refractivity contribution in [3.8, 4) is 0 Å². The molecule has 0 spiro atoms. The normalized spacial score (nSPS) is 25.7. The molecule has 0 bridgehead atoms. The van der Waals surface area contributed by atoms with Crippen LogP contribution in [0.1, 0.15) is 40.0 Å². The summed E-state index contributed by atoms with van der Waals surface area (Å²) >= 11 is 0. The Morgan fingerprint density at radius 1 is 1.27 bits per heavy atom. The summed E-state index contributed by atoms with van der Waals surface area (Å²) < 4.78 is 12.0. The fourth-order valence-electron chi connectivity index (χ4n) is 3.23. The van der Waals surface area contributed by atoms with E-state index in [4.69, 9.17) is 0 Å². The van der Waals surface area contributed by atoms with Gasteiger partial charge in [-0.05, 0) is 53.1 Å². The molecule has 0 saturated carbocycles. The number of aliphatic imine (C=N–C) groups is 1. The van der Waals surface area contributed by atoms with Crippen molar-refractivity contribution in [2.75, 3.05) is 45.5 Å². The minimum absolute atomic E-state index is 0.139. The van der Waals surface area contributed by atoms with Gasteiger partial charge in [-0.25, -0.2) is 0 Å². The van der Waals surface area contributed by atoms with Gasteiger partial charge in [0.25, 0.3) is 0 Å². The molecule has 2 rings (SSSR count). The van der Waals surface area contributed by atoms with Gasteiger partial charge in [0.2, 0.25) is 0 Å². The van der Waals surface area contributed by atoms with Crippen LogP contribution in [-0.2, 0) is 10.8 Å². The lowest BCUT2D eigenvalue weighted by Gasteiger charge is -2.25. The Hall–Kier alpha value is -0.620. The van der Waals surface area contributed by atoms with Crippen LogP contribution in [0, 0.1) is 0 Å². The molecule has 2 saturated heterocycles. The quantitative estimate of drug-likeness (QED) is 0.624. The van der Waals surface area contributed by atoms with Crippen LogP contribution in [0.25, 0.3) is 0 Å². The third-order valence-corrected chi connectivity index (χ3v) is 6.53. The number of hydrogen-bond donors (Lipinski definition) is 1. The molecule has 2 unspecified atom stereocenters. The van der Waals surface area contributed by atoms with E-state index in [0.717, 1.165) is 25.6 Å². The maximum atomic E-state index is 12.1. The summed E-state index contributed by atoms with van der Waals surface area (Å²) in [4.78, 5) is 9.38. The van der Waals surface area contributed by atoms with Crippen molar-refractivity contribution in [2.24, 2.45) is 4.99 Å². The van der Waals surface area contributed by atoms with Crippen LogP contribution < -0.4 is 5.32 Å². The molecule has 0 radical (unpaired) electrons. The van der Waals surface area contributed by atoms with Crippen molar-refractivity contribution >= 4 is 16.8 Å². The first-order valence-corrected chi connectivity index (χ1v) is 9.82. The van der Waals surface area contributed by atoms with E-state index >= 15 is 0 Å². The van der Waals surface area contributed by atoms with Gasteiger partial charge in [-0.3, -0.25) is 14.1 Å². The predicted octanol–water partition coefficient (Wildman–Crippen LogP) is 1.28. The van der Waals surface area contributed by atoms with Gasteiger partial charge in [-0.2, -0.15) is 0 Å². The van der Waals surface area contributed by atoms with Crippen molar-refractivity contribution in [1.29, 1.82) is 0 Å². The van der Waals surface area contributed by atoms with Crippen LogP contribution in [0.5, 0.6) is 0 Å². The minimum Gasteiger partial charge on any atom is -0.355 e. The molecule has 5 nitrogen and oxygen atoms in total. The SMILES string of the molecule is CN=C(NCCS(=O)C(C)(C)C)N1CCC(N2CCCC2)C1. The molecule has 2 atom stereocenters. The predicted molar refractivity (Wildman–Crippen MR) is 94.9 cm³/mol. The van der Waals surface area contributed by atoms with Crippen LogP contribution in [0.4, 0.5) is 0 Å². The molecule has 2 fully saturated rings. The lowest BCUT2D eigenvalue weighted by molar-refractivity contribution is 0.249. The fraction of sp³-hybridized carbons (Fsp3) is 0.938. The topological polar surface area (TPSA) is 47.9 Å². The Bertz CT molecular complexity index is 413. The first-order chi connectivity index (χ1) is 10.4.